The van der Waals surface area contributed by atoms with Crippen LogP contribution < -0.4 is 16.0 Å². The molecule has 4 nitrogen and oxygen atoms in total. The zero-order valence-electron chi connectivity index (χ0n) is 8.49. The predicted molar refractivity (Wildman–Crippen MR) is 58.1 cm³/mol. The first-order valence-corrected chi connectivity index (χ1v) is 5.10. The third-order valence-corrected chi connectivity index (χ3v) is 2.41. The molecule has 1 aliphatic heterocycles. The Morgan fingerprint density at radius 2 is 1.87 bits per heavy atom. The molecule has 0 spiro atoms. The molecule has 0 bridgehead atoms. The molecule has 1 aromatic carbocycles. The van der Waals surface area contributed by atoms with E-state index in [0.717, 1.165) is 5.56 Å². The van der Waals surface area contributed by atoms with E-state index in [9.17, 15) is 4.79 Å². The van der Waals surface area contributed by atoms with Crippen molar-refractivity contribution in [3.63, 3.8) is 0 Å². The van der Waals surface area contributed by atoms with E-state index in [-0.39, 0.29) is 11.9 Å². The zero-order valence-corrected chi connectivity index (χ0v) is 8.49. The Morgan fingerprint density at radius 1 is 1.20 bits per heavy atom. The van der Waals surface area contributed by atoms with Crippen molar-refractivity contribution in [2.75, 3.05) is 13.3 Å². The number of carbonyl (C=O) groups is 1. The van der Waals surface area contributed by atoms with E-state index in [4.69, 9.17) is 0 Å². The summed E-state index contributed by atoms with van der Waals surface area (Å²) in [6, 6.07) is 9.80. The van der Waals surface area contributed by atoms with Crippen LogP contribution in [0.15, 0.2) is 30.3 Å². The molecule has 0 aromatic heterocycles. The molecular formula is C11H15N3O. The van der Waals surface area contributed by atoms with E-state index in [0.29, 0.717) is 19.8 Å². The van der Waals surface area contributed by atoms with Crippen molar-refractivity contribution in [2.24, 2.45) is 0 Å². The second-order valence-electron chi connectivity index (χ2n) is 3.57. The fraction of sp³-hybridized carbons (Fsp3) is 0.364. The van der Waals surface area contributed by atoms with Crippen molar-refractivity contribution in [1.82, 2.24) is 16.0 Å². The van der Waals surface area contributed by atoms with Gasteiger partial charge >= 0.3 is 0 Å². The van der Waals surface area contributed by atoms with Crippen molar-refractivity contribution in [3.8, 4) is 0 Å². The Bertz CT molecular complexity index is 320. The van der Waals surface area contributed by atoms with E-state index in [1.807, 2.05) is 30.3 Å². The fourth-order valence-corrected chi connectivity index (χ4v) is 1.61. The largest absolute Gasteiger partial charge is 0.296 e. The second kappa shape index (κ2) is 5.02. The van der Waals surface area contributed by atoms with Crippen LogP contribution in [0.2, 0.25) is 0 Å². The normalized spacial score (nSPS) is 17.6. The lowest BCUT2D eigenvalue weighted by Gasteiger charge is -2.24. The van der Waals surface area contributed by atoms with Gasteiger partial charge in [0.1, 0.15) is 6.17 Å². The van der Waals surface area contributed by atoms with Gasteiger partial charge in [0.25, 0.3) is 0 Å². The molecule has 1 aromatic rings. The van der Waals surface area contributed by atoms with E-state index in [2.05, 4.69) is 16.0 Å². The minimum absolute atomic E-state index is 0.183. The van der Waals surface area contributed by atoms with Crippen molar-refractivity contribution in [1.29, 1.82) is 0 Å². The molecule has 4 heteroatoms. The average molecular weight is 205 g/mol. The van der Waals surface area contributed by atoms with Crippen LogP contribution in [-0.2, 0) is 11.2 Å². The SMILES string of the molecule is O=C(Cc1ccccc1)C1NCNCN1. The highest BCUT2D eigenvalue weighted by Crippen LogP contribution is 2.01. The van der Waals surface area contributed by atoms with Gasteiger partial charge in [-0.25, -0.2) is 0 Å². The summed E-state index contributed by atoms with van der Waals surface area (Å²) in [4.78, 5) is 11.8. The third kappa shape index (κ3) is 2.86. The molecule has 0 unspecified atom stereocenters. The van der Waals surface area contributed by atoms with Crippen LogP contribution in [-0.4, -0.2) is 25.3 Å². The molecule has 0 radical (unpaired) electrons. The van der Waals surface area contributed by atoms with Crippen LogP contribution in [0.5, 0.6) is 0 Å². The number of ketones is 1. The first-order valence-electron chi connectivity index (χ1n) is 5.10. The molecule has 1 heterocycles. The number of nitrogens with one attached hydrogen (secondary N) is 3. The monoisotopic (exact) mass is 205 g/mol. The first kappa shape index (κ1) is 10.3. The molecule has 1 saturated heterocycles. The maximum Gasteiger partial charge on any atom is 0.168 e. The Hall–Kier alpha value is -1.23. The van der Waals surface area contributed by atoms with Gasteiger partial charge in [-0.2, -0.15) is 0 Å². The zero-order chi connectivity index (χ0) is 10.5. The van der Waals surface area contributed by atoms with Gasteiger partial charge in [0.15, 0.2) is 5.78 Å². The summed E-state index contributed by atoms with van der Waals surface area (Å²) in [6.07, 6.45) is 0.261. The maximum absolute atomic E-state index is 11.8. The number of hydrogen-bond donors (Lipinski definition) is 3. The van der Waals surface area contributed by atoms with Crippen LogP contribution in [0.25, 0.3) is 0 Å². The van der Waals surface area contributed by atoms with Crippen LogP contribution in [0.3, 0.4) is 0 Å². The number of benzene rings is 1. The summed E-state index contributed by atoms with van der Waals surface area (Å²) in [5.74, 6) is 0.183. The molecular weight excluding hydrogens is 190 g/mol. The lowest BCUT2D eigenvalue weighted by Crippen LogP contribution is -2.59. The van der Waals surface area contributed by atoms with Gasteiger partial charge < -0.3 is 0 Å². The minimum Gasteiger partial charge on any atom is -0.296 e. The molecule has 0 atom stereocenters. The first-order chi connectivity index (χ1) is 7.36. The summed E-state index contributed by atoms with van der Waals surface area (Å²) in [7, 11) is 0. The Kier molecular flexibility index (Phi) is 3.45. The lowest BCUT2D eigenvalue weighted by molar-refractivity contribution is -0.121. The standard InChI is InChI=1S/C11H15N3O/c15-10(11-13-7-12-8-14-11)6-9-4-2-1-3-5-9/h1-5,11-14H,6-8H2. The summed E-state index contributed by atoms with van der Waals surface area (Å²) in [5.41, 5.74) is 1.06. The predicted octanol–water partition coefficient (Wildman–Crippen LogP) is -0.178. The summed E-state index contributed by atoms with van der Waals surface area (Å²) in [6.45, 7) is 1.36. The molecule has 0 aliphatic carbocycles. The third-order valence-electron chi connectivity index (χ3n) is 2.41. The number of carbonyl (C=O) groups excluding carboxylic acids is 1. The van der Waals surface area contributed by atoms with E-state index >= 15 is 0 Å². The molecule has 0 saturated carbocycles. The Morgan fingerprint density at radius 3 is 2.53 bits per heavy atom. The van der Waals surface area contributed by atoms with E-state index < -0.39 is 0 Å². The van der Waals surface area contributed by atoms with Gasteiger partial charge in [0, 0.05) is 19.8 Å². The van der Waals surface area contributed by atoms with E-state index in [1.165, 1.54) is 0 Å². The molecule has 1 aliphatic rings. The molecule has 1 fully saturated rings. The molecule has 3 N–H and O–H groups in total. The maximum atomic E-state index is 11.8. The smallest absolute Gasteiger partial charge is 0.168 e. The second-order valence-corrected chi connectivity index (χ2v) is 3.57. The van der Waals surface area contributed by atoms with Crippen molar-refractivity contribution in [3.05, 3.63) is 35.9 Å². The molecule has 0 amide bonds. The van der Waals surface area contributed by atoms with Crippen LogP contribution in [0.4, 0.5) is 0 Å². The van der Waals surface area contributed by atoms with Gasteiger partial charge in [0.2, 0.25) is 0 Å². The number of rotatable bonds is 3. The molecule has 15 heavy (non-hydrogen) atoms. The quantitative estimate of drug-likeness (QED) is 0.641. The summed E-state index contributed by atoms with van der Waals surface area (Å²) < 4.78 is 0. The van der Waals surface area contributed by atoms with Gasteiger partial charge in [-0.15, -0.1) is 0 Å². The fourth-order valence-electron chi connectivity index (χ4n) is 1.61. The van der Waals surface area contributed by atoms with E-state index in [1.54, 1.807) is 0 Å². The Balaban J connectivity index is 1.91. The van der Waals surface area contributed by atoms with Crippen molar-refractivity contribution < 1.29 is 4.79 Å². The van der Waals surface area contributed by atoms with Crippen molar-refractivity contribution >= 4 is 5.78 Å². The summed E-state index contributed by atoms with van der Waals surface area (Å²) in [5, 5.41) is 9.19. The molecule has 80 valence electrons. The average Bonchev–Trinajstić information content (AvgIpc) is 2.31. The highest BCUT2D eigenvalue weighted by molar-refractivity contribution is 5.85. The Labute approximate surface area is 89.1 Å². The summed E-state index contributed by atoms with van der Waals surface area (Å²) >= 11 is 0. The minimum atomic E-state index is -0.216. The highest BCUT2D eigenvalue weighted by Gasteiger charge is 2.19. The van der Waals surface area contributed by atoms with Crippen molar-refractivity contribution in [2.45, 2.75) is 12.6 Å². The van der Waals surface area contributed by atoms with Crippen LogP contribution in [0.1, 0.15) is 5.56 Å². The lowest BCUT2D eigenvalue weighted by atomic mass is 10.1. The number of hydrogen-bond acceptors (Lipinski definition) is 4. The molecule has 2 rings (SSSR count). The van der Waals surface area contributed by atoms with Crippen LogP contribution in [0, 0.1) is 0 Å². The topological polar surface area (TPSA) is 53.2 Å². The highest BCUT2D eigenvalue weighted by atomic mass is 16.1. The van der Waals surface area contributed by atoms with Crippen LogP contribution >= 0.6 is 0 Å². The number of Topliss-reactive ketones (excluding diaryl/α,β-unsaturated/α-hetero) is 1. The van der Waals surface area contributed by atoms with Gasteiger partial charge in [-0.05, 0) is 5.56 Å². The van der Waals surface area contributed by atoms with Gasteiger partial charge in [-0.3, -0.25) is 20.7 Å². The van der Waals surface area contributed by atoms with Gasteiger partial charge in [-0.1, -0.05) is 30.3 Å². The van der Waals surface area contributed by atoms with Gasteiger partial charge in [0.05, 0.1) is 0 Å².